The van der Waals surface area contributed by atoms with Gasteiger partial charge in [-0.25, -0.2) is 9.48 Å². The van der Waals surface area contributed by atoms with E-state index in [1.807, 2.05) is 0 Å². The number of nitrogens with zero attached hydrogens (tertiary/aromatic N) is 4. The maximum absolute atomic E-state index is 11.9. The lowest BCUT2D eigenvalue weighted by molar-refractivity contribution is -0.138. The van der Waals surface area contributed by atoms with Crippen LogP contribution in [0, 0.1) is 0 Å². The molecule has 2 heterocycles. The minimum absolute atomic E-state index is 0.0677. The number of carbonyl (C=O) groups is 3. The maximum atomic E-state index is 11.9. The Kier molecular flexibility index (Phi) is 4.69. The van der Waals surface area contributed by atoms with Gasteiger partial charge in [0, 0.05) is 26.1 Å². The van der Waals surface area contributed by atoms with E-state index in [0.717, 1.165) is 0 Å². The molecule has 1 saturated heterocycles. The number of amides is 3. The van der Waals surface area contributed by atoms with Gasteiger partial charge in [0.15, 0.2) is 0 Å². The fraction of sp³-hybridized carbons (Fsp3) is 0.545. The number of carboxylic acid groups (broad SMARTS) is 1. The van der Waals surface area contributed by atoms with Crippen LogP contribution in [0.4, 0.5) is 4.79 Å². The van der Waals surface area contributed by atoms with Crippen LogP contribution in [0.5, 0.6) is 0 Å². The number of aliphatic carboxylic acids is 1. The highest BCUT2D eigenvalue weighted by molar-refractivity contribution is 5.79. The van der Waals surface area contributed by atoms with E-state index in [4.69, 9.17) is 5.11 Å². The minimum atomic E-state index is -1.02. The predicted octanol–water partition coefficient (Wildman–Crippen LogP) is -1.61. The van der Waals surface area contributed by atoms with Crippen molar-refractivity contribution in [3.63, 3.8) is 0 Å². The quantitative estimate of drug-likeness (QED) is 0.613. The first kappa shape index (κ1) is 14.8. The average Bonchev–Trinajstić information content (AvgIpc) is 2.74. The second-order valence-electron chi connectivity index (χ2n) is 4.55. The van der Waals surface area contributed by atoms with Gasteiger partial charge in [0.05, 0.1) is 12.7 Å². The van der Waals surface area contributed by atoms with E-state index >= 15 is 0 Å². The zero-order valence-electron chi connectivity index (χ0n) is 11.3. The van der Waals surface area contributed by atoms with Crippen LogP contribution >= 0.6 is 0 Å². The monoisotopic (exact) mass is 296 g/mol. The molecule has 0 radical (unpaired) electrons. The smallest absolute Gasteiger partial charge is 0.325 e. The number of urea groups is 1. The first-order valence-electron chi connectivity index (χ1n) is 6.45. The van der Waals surface area contributed by atoms with Crippen LogP contribution in [0.2, 0.25) is 0 Å². The summed E-state index contributed by atoms with van der Waals surface area (Å²) in [5.74, 6) is -1.08. The molecule has 10 heteroatoms. The van der Waals surface area contributed by atoms with Crippen LogP contribution in [0.15, 0.2) is 6.20 Å². The van der Waals surface area contributed by atoms with Crippen molar-refractivity contribution in [2.24, 2.45) is 0 Å². The van der Waals surface area contributed by atoms with Crippen molar-refractivity contribution < 1.29 is 19.5 Å². The first-order chi connectivity index (χ1) is 10.0. The Morgan fingerprint density at radius 2 is 2.24 bits per heavy atom. The Bertz CT molecular complexity index is 543. The molecule has 0 unspecified atom stereocenters. The molecule has 3 amide bonds. The van der Waals surface area contributed by atoms with Gasteiger partial charge in [0.1, 0.15) is 12.2 Å². The molecule has 1 aliphatic heterocycles. The van der Waals surface area contributed by atoms with E-state index in [9.17, 15) is 14.4 Å². The molecule has 1 fully saturated rings. The second-order valence-corrected chi connectivity index (χ2v) is 4.55. The van der Waals surface area contributed by atoms with Crippen LogP contribution < -0.4 is 10.6 Å². The SMILES string of the molecule is O=C(O)Cn1cc(CNC(=O)N2CCNC(=O)CC2)nn1. The highest BCUT2D eigenvalue weighted by atomic mass is 16.4. The zero-order chi connectivity index (χ0) is 15.2. The van der Waals surface area contributed by atoms with Gasteiger partial charge in [-0.15, -0.1) is 5.10 Å². The molecule has 0 atom stereocenters. The first-order valence-corrected chi connectivity index (χ1v) is 6.45. The number of carbonyl (C=O) groups excluding carboxylic acids is 2. The van der Waals surface area contributed by atoms with Crippen molar-refractivity contribution in [3.05, 3.63) is 11.9 Å². The normalized spacial score (nSPS) is 15.2. The van der Waals surface area contributed by atoms with Crippen molar-refractivity contribution in [2.75, 3.05) is 19.6 Å². The summed E-state index contributed by atoms with van der Waals surface area (Å²) in [6, 6.07) is -0.292. The topological polar surface area (TPSA) is 129 Å². The summed E-state index contributed by atoms with van der Waals surface area (Å²) in [5.41, 5.74) is 0.466. The molecule has 0 saturated carbocycles. The van der Waals surface area contributed by atoms with Crippen molar-refractivity contribution >= 4 is 17.9 Å². The predicted molar refractivity (Wildman–Crippen MR) is 69.1 cm³/mol. The van der Waals surface area contributed by atoms with Gasteiger partial charge in [0.25, 0.3) is 0 Å². The minimum Gasteiger partial charge on any atom is -0.480 e. The van der Waals surface area contributed by atoms with Crippen LogP contribution in [-0.4, -0.2) is 62.5 Å². The third-order valence-corrected chi connectivity index (χ3v) is 2.90. The fourth-order valence-corrected chi connectivity index (χ4v) is 1.88. The zero-order valence-corrected chi connectivity index (χ0v) is 11.3. The van der Waals surface area contributed by atoms with E-state index in [2.05, 4.69) is 20.9 Å². The second kappa shape index (κ2) is 6.68. The van der Waals surface area contributed by atoms with Gasteiger partial charge in [-0.05, 0) is 0 Å². The van der Waals surface area contributed by atoms with Crippen LogP contribution in [0.25, 0.3) is 0 Å². The van der Waals surface area contributed by atoms with Crippen LogP contribution in [0.1, 0.15) is 12.1 Å². The number of hydrogen-bond donors (Lipinski definition) is 3. The Hall–Kier alpha value is -2.65. The molecule has 3 N–H and O–H groups in total. The molecule has 10 nitrogen and oxygen atoms in total. The summed E-state index contributed by atoms with van der Waals surface area (Å²) in [5, 5.41) is 21.4. The molecule has 2 rings (SSSR count). The van der Waals surface area contributed by atoms with E-state index in [-0.39, 0.29) is 31.4 Å². The molecule has 1 aliphatic rings. The number of aromatic nitrogens is 3. The van der Waals surface area contributed by atoms with Gasteiger partial charge in [0.2, 0.25) is 5.91 Å². The summed E-state index contributed by atoms with van der Waals surface area (Å²) in [7, 11) is 0. The summed E-state index contributed by atoms with van der Waals surface area (Å²) in [6.07, 6.45) is 1.74. The van der Waals surface area contributed by atoms with E-state index in [1.54, 1.807) is 4.90 Å². The summed E-state index contributed by atoms with van der Waals surface area (Å²) in [4.78, 5) is 35.2. The standard InChI is InChI=1S/C11H16N6O4/c18-9-1-3-16(4-2-12-9)11(21)13-5-8-6-17(15-14-8)7-10(19)20/h6H,1-5,7H2,(H,12,18)(H,13,21)(H,19,20). The van der Waals surface area contributed by atoms with Crippen LogP contribution in [-0.2, 0) is 22.7 Å². The largest absolute Gasteiger partial charge is 0.480 e. The summed E-state index contributed by atoms with van der Waals surface area (Å²) >= 11 is 0. The average molecular weight is 296 g/mol. The highest BCUT2D eigenvalue weighted by Gasteiger charge is 2.18. The van der Waals surface area contributed by atoms with Gasteiger partial charge in [-0.1, -0.05) is 5.21 Å². The molecular weight excluding hydrogens is 280 g/mol. The van der Waals surface area contributed by atoms with Crippen molar-refractivity contribution in [2.45, 2.75) is 19.5 Å². The summed E-state index contributed by atoms with van der Waals surface area (Å²) < 4.78 is 1.18. The number of carboxylic acids is 1. The lowest BCUT2D eigenvalue weighted by Crippen LogP contribution is -2.41. The number of rotatable bonds is 4. The van der Waals surface area contributed by atoms with Crippen molar-refractivity contribution in [3.8, 4) is 0 Å². The van der Waals surface area contributed by atoms with Crippen molar-refractivity contribution in [1.82, 2.24) is 30.5 Å². The van der Waals surface area contributed by atoms with E-state index in [0.29, 0.717) is 25.3 Å². The maximum Gasteiger partial charge on any atom is 0.325 e. The van der Waals surface area contributed by atoms with Gasteiger partial charge in [-0.2, -0.15) is 0 Å². The molecule has 21 heavy (non-hydrogen) atoms. The Morgan fingerprint density at radius 1 is 1.43 bits per heavy atom. The molecule has 0 aliphatic carbocycles. The summed E-state index contributed by atoms with van der Waals surface area (Å²) in [6.45, 7) is 1.12. The van der Waals surface area contributed by atoms with E-state index in [1.165, 1.54) is 10.9 Å². The molecular formula is C11H16N6O4. The Balaban J connectivity index is 1.81. The third kappa shape index (κ3) is 4.44. The highest BCUT2D eigenvalue weighted by Crippen LogP contribution is 1.99. The lowest BCUT2D eigenvalue weighted by atomic mass is 10.4. The number of nitrogens with one attached hydrogen (secondary N) is 2. The van der Waals surface area contributed by atoms with Gasteiger partial charge >= 0.3 is 12.0 Å². The molecule has 0 bridgehead atoms. The lowest BCUT2D eigenvalue weighted by Gasteiger charge is -2.19. The van der Waals surface area contributed by atoms with Crippen molar-refractivity contribution in [1.29, 1.82) is 0 Å². The molecule has 0 aromatic carbocycles. The van der Waals surface area contributed by atoms with Gasteiger partial charge < -0.3 is 20.6 Å². The molecule has 0 spiro atoms. The van der Waals surface area contributed by atoms with Gasteiger partial charge in [-0.3, -0.25) is 9.59 Å². The van der Waals surface area contributed by atoms with E-state index < -0.39 is 5.97 Å². The Labute approximate surface area is 120 Å². The molecule has 114 valence electrons. The molecule has 1 aromatic heterocycles. The fourth-order valence-electron chi connectivity index (χ4n) is 1.88. The Morgan fingerprint density at radius 3 is 3.00 bits per heavy atom. The number of hydrogen-bond acceptors (Lipinski definition) is 5. The molecule has 1 aromatic rings. The van der Waals surface area contributed by atoms with Crippen LogP contribution in [0.3, 0.4) is 0 Å². The third-order valence-electron chi connectivity index (χ3n) is 2.90.